The Bertz CT molecular complexity index is 357. The Labute approximate surface area is 93.0 Å². The summed E-state index contributed by atoms with van der Waals surface area (Å²) in [7, 11) is 0. The lowest BCUT2D eigenvalue weighted by Crippen LogP contribution is -2.11. The third kappa shape index (κ3) is 1.24. The molecule has 2 fully saturated rings. The average molecular weight is 252 g/mol. The van der Waals surface area contributed by atoms with Gasteiger partial charge in [0.25, 0.3) is 0 Å². The molecule has 1 N–H and O–H groups in total. The molecule has 1 saturated heterocycles. The van der Waals surface area contributed by atoms with Crippen LogP contribution in [0.5, 0.6) is 0 Å². The van der Waals surface area contributed by atoms with E-state index in [1.54, 1.807) is 0 Å². The molecule has 1 atom stereocenters. The van der Waals surface area contributed by atoms with Gasteiger partial charge in [-0.1, -0.05) is 34.1 Å². The molecule has 2 heteroatoms. The summed E-state index contributed by atoms with van der Waals surface area (Å²) in [4.78, 5) is 0. The summed E-state index contributed by atoms with van der Waals surface area (Å²) in [5, 5.41) is 3.53. The van der Waals surface area contributed by atoms with Gasteiger partial charge in [-0.3, -0.25) is 0 Å². The van der Waals surface area contributed by atoms with Crippen LogP contribution < -0.4 is 5.32 Å². The third-order valence-corrected chi connectivity index (χ3v) is 4.46. The van der Waals surface area contributed by atoms with E-state index in [1.165, 1.54) is 29.4 Å². The molecule has 0 radical (unpaired) electrons. The van der Waals surface area contributed by atoms with E-state index in [-0.39, 0.29) is 0 Å². The molecule has 1 nitrogen and oxygen atoms in total. The molecule has 0 unspecified atom stereocenters. The number of hydrogen-bond donors (Lipinski definition) is 1. The maximum atomic E-state index is 3.66. The molecule has 2 aliphatic rings. The van der Waals surface area contributed by atoms with Gasteiger partial charge in [0.15, 0.2) is 0 Å². The minimum atomic E-state index is 0.615. The van der Waals surface area contributed by atoms with Crippen molar-refractivity contribution >= 4 is 15.9 Å². The first-order valence-electron chi connectivity index (χ1n) is 5.27. The molecule has 1 spiro atoms. The topological polar surface area (TPSA) is 12.0 Å². The van der Waals surface area contributed by atoms with E-state index in [9.17, 15) is 0 Å². The molecule has 1 aromatic rings. The zero-order chi connectivity index (χ0) is 9.60. The van der Waals surface area contributed by atoms with Gasteiger partial charge >= 0.3 is 0 Å². The van der Waals surface area contributed by atoms with E-state index in [2.05, 4.69) is 45.5 Å². The molecule has 0 amide bonds. The van der Waals surface area contributed by atoms with Crippen LogP contribution in [0.2, 0.25) is 0 Å². The van der Waals surface area contributed by atoms with Crippen LogP contribution in [0, 0.1) is 5.41 Å². The predicted octanol–water partition coefficient (Wildman–Crippen LogP) is 2.92. The van der Waals surface area contributed by atoms with Crippen molar-refractivity contribution in [3.63, 3.8) is 0 Å². The number of benzene rings is 1. The number of rotatable bonds is 1. The van der Waals surface area contributed by atoms with Gasteiger partial charge in [-0.05, 0) is 29.9 Å². The van der Waals surface area contributed by atoms with Gasteiger partial charge < -0.3 is 5.32 Å². The molecule has 1 saturated carbocycles. The Morgan fingerprint density at radius 2 is 2.07 bits per heavy atom. The van der Waals surface area contributed by atoms with E-state index < -0.39 is 0 Å². The summed E-state index contributed by atoms with van der Waals surface area (Å²) in [5.41, 5.74) is 2.11. The average Bonchev–Trinajstić information content (AvgIpc) is 2.82. The zero-order valence-corrected chi connectivity index (χ0v) is 9.68. The minimum absolute atomic E-state index is 0.615. The molecular formula is C12H14BrN. The molecule has 0 bridgehead atoms. The normalized spacial score (nSPS) is 28.2. The Hall–Kier alpha value is -0.340. The molecule has 1 aromatic carbocycles. The molecular weight excluding hydrogens is 238 g/mol. The van der Waals surface area contributed by atoms with Crippen molar-refractivity contribution in [2.75, 3.05) is 13.1 Å². The lowest BCUT2D eigenvalue weighted by molar-refractivity contribution is 0.501. The van der Waals surface area contributed by atoms with Crippen molar-refractivity contribution in [1.29, 1.82) is 0 Å². The van der Waals surface area contributed by atoms with Crippen LogP contribution in [0.25, 0.3) is 0 Å². The van der Waals surface area contributed by atoms with E-state index >= 15 is 0 Å². The molecule has 3 rings (SSSR count). The summed E-state index contributed by atoms with van der Waals surface area (Å²) in [6, 6.07) is 8.66. The first-order valence-corrected chi connectivity index (χ1v) is 6.06. The maximum Gasteiger partial charge on any atom is 0.0210 e. The second-order valence-corrected chi connectivity index (χ2v) is 5.42. The van der Waals surface area contributed by atoms with E-state index in [4.69, 9.17) is 0 Å². The largest absolute Gasteiger partial charge is 0.316 e. The smallest absolute Gasteiger partial charge is 0.0210 e. The lowest BCUT2D eigenvalue weighted by Gasteiger charge is -2.18. The zero-order valence-electron chi connectivity index (χ0n) is 8.09. The van der Waals surface area contributed by atoms with Crippen LogP contribution in [0.1, 0.15) is 24.3 Å². The fourth-order valence-electron chi connectivity index (χ4n) is 2.69. The fraction of sp³-hybridized carbons (Fsp3) is 0.500. The van der Waals surface area contributed by atoms with E-state index in [0.29, 0.717) is 5.41 Å². The fourth-order valence-corrected chi connectivity index (χ4v) is 3.25. The molecule has 1 aliphatic heterocycles. The van der Waals surface area contributed by atoms with Crippen molar-refractivity contribution in [3.05, 3.63) is 34.3 Å². The SMILES string of the molecule is Brc1ccccc1[C@@H]1CNCC12CC2. The monoisotopic (exact) mass is 251 g/mol. The molecule has 1 aliphatic carbocycles. The number of halogens is 1. The van der Waals surface area contributed by atoms with E-state index in [1.807, 2.05) is 0 Å². The van der Waals surface area contributed by atoms with Crippen LogP contribution in [0.15, 0.2) is 28.7 Å². The first-order chi connectivity index (χ1) is 6.82. The van der Waals surface area contributed by atoms with Gasteiger partial charge in [0.2, 0.25) is 0 Å². The van der Waals surface area contributed by atoms with Gasteiger partial charge in [-0.25, -0.2) is 0 Å². The Morgan fingerprint density at radius 1 is 1.29 bits per heavy atom. The van der Waals surface area contributed by atoms with Crippen LogP contribution >= 0.6 is 15.9 Å². The van der Waals surface area contributed by atoms with E-state index in [0.717, 1.165) is 12.5 Å². The highest BCUT2D eigenvalue weighted by atomic mass is 79.9. The molecule has 14 heavy (non-hydrogen) atoms. The Balaban J connectivity index is 1.99. The number of hydrogen-bond acceptors (Lipinski definition) is 1. The van der Waals surface area contributed by atoms with Crippen LogP contribution in [0.3, 0.4) is 0 Å². The molecule has 1 heterocycles. The van der Waals surface area contributed by atoms with Gasteiger partial charge in [-0.15, -0.1) is 0 Å². The quantitative estimate of drug-likeness (QED) is 0.810. The Kier molecular flexibility index (Phi) is 1.96. The van der Waals surface area contributed by atoms with Crippen molar-refractivity contribution in [3.8, 4) is 0 Å². The maximum absolute atomic E-state index is 3.66. The van der Waals surface area contributed by atoms with Crippen LogP contribution in [-0.2, 0) is 0 Å². The van der Waals surface area contributed by atoms with Crippen molar-refractivity contribution in [2.45, 2.75) is 18.8 Å². The summed E-state index contributed by atoms with van der Waals surface area (Å²) < 4.78 is 1.28. The summed E-state index contributed by atoms with van der Waals surface area (Å²) >= 11 is 3.66. The number of nitrogens with one attached hydrogen (secondary N) is 1. The predicted molar refractivity (Wildman–Crippen MR) is 61.4 cm³/mol. The first kappa shape index (κ1) is 8.93. The summed E-state index contributed by atoms with van der Waals surface area (Å²) in [6.45, 7) is 2.38. The van der Waals surface area contributed by atoms with Crippen molar-refractivity contribution in [2.24, 2.45) is 5.41 Å². The highest BCUT2D eigenvalue weighted by Gasteiger charge is 2.52. The highest BCUT2D eigenvalue weighted by Crippen LogP contribution is 2.58. The minimum Gasteiger partial charge on any atom is -0.316 e. The van der Waals surface area contributed by atoms with Crippen LogP contribution in [0.4, 0.5) is 0 Å². The Morgan fingerprint density at radius 3 is 2.79 bits per heavy atom. The molecule has 74 valence electrons. The van der Waals surface area contributed by atoms with Gasteiger partial charge in [0.05, 0.1) is 0 Å². The van der Waals surface area contributed by atoms with Crippen LogP contribution in [-0.4, -0.2) is 13.1 Å². The lowest BCUT2D eigenvalue weighted by atomic mass is 9.86. The van der Waals surface area contributed by atoms with Gasteiger partial charge in [0, 0.05) is 23.5 Å². The van der Waals surface area contributed by atoms with Crippen molar-refractivity contribution in [1.82, 2.24) is 5.32 Å². The van der Waals surface area contributed by atoms with Gasteiger partial charge in [-0.2, -0.15) is 0 Å². The summed E-state index contributed by atoms with van der Waals surface area (Å²) in [6.07, 6.45) is 2.82. The second-order valence-electron chi connectivity index (χ2n) is 4.57. The highest BCUT2D eigenvalue weighted by molar-refractivity contribution is 9.10. The summed E-state index contributed by atoms with van der Waals surface area (Å²) in [5.74, 6) is 0.734. The second kappa shape index (κ2) is 3.07. The van der Waals surface area contributed by atoms with Crippen molar-refractivity contribution < 1.29 is 0 Å². The third-order valence-electron chi connectivity index (χ3n) is 3.74. The van der Waals surface area contributed by atoms with Gasteiger partial charge in [0.1, 0.15) is 0 Å². The molecule has 0 aromatic heterocycles. The standard InChI is InChI=1S/C12H14BrN/c13-11-4-2-1-3-9(11)10-7-14-8-12(10)5-6-12/h1-4,10,14H,5-8H2/t10-/m0/s1.